The fourth-order valence-corrected chi connectivity index (χ4v) is 2.28. The minimum absolute atomic E-state index is 0.101. The van der Waals surface area contributed by atoms with Crippen LogP contribution < -0.4 is 11.1 Å². The van der Waals surface area contributed by atoms with Gasteiger partial charge in [-0.25, -0.2) is 0 Å². The summed E-state index contributed by atoms with van der Waals surface area (Å²) in [5.74, 6) is 0.879. The predicted octanol–water partition coefficient (Wildman–Crippen LogP) is 2.86. The monoisotopic (exact) mass is 252 g/mol. The second-order valence-corrected chi connectivity index (χ2v) is 5.12. The Morgan fingerprint density at radius 2 is 2.12 bits per heavy atom. The first kappa shape index (κ1) is 14.1. The van der Waals surface area contributed by atoms with Gasteiger partial charge < -0.3 is 11.1 Å². The lowest BCUT2D eigenvalue weighted by Crippen LogP contribution is -2.35. The van der Waals surface area contributed by atoms with Crippen molar-refractivity contribution >= 4 is 23.4 Å². The fraction of sp³-hybridized carbons (Fsp3) is 0.462. The van der Waals surface area contributed by atoms with Crippen molar-refractivity contribution in [1.29, 1.82) is 0 Å². The lowest BCUT2D eigenvalue weighted by molar-refractivity contribution is -0.117. The van der Waals surface area contributed by atoms with Gasteiger partial charge in [-0.3, -0.25) is 4.79 Å². The van der Waals surface area contributed by atoms with Crippen molar-refractivity contribution in [1.82, 2.24) is 0 Å². The molecule has 1 rings (SSSR count). The van der Waals surface area contributed by atoms with Crippen molar-refractivity contribution in [3.8, 4) is 0 Å². The molecular formula is C13H20N2OS. The van der Waals surface area contributed by atoms with Gasteiger partial charge in [0.2, 0.25) is 5.91 Å². The summed E-state index contributed by atoms with van der Waals surface area (Å²) in [5, 5.41) is 2.90. The number of thioether (sulfide) groups is 1. The first-order valence-corrected chi connectivity index (χ1v) is 6.95. The summed E-state index contributed by atoms with van der Waals surface area (Å²) in [7, 11) is 0. The number of benzene rings is 1. The van der Waals surface area contributed by atoms with Crippen LogP contribution in [0.1, 0.15) is 26.7 Å². The van der Waals surface area contributed by atoms with Crippen molar-refractivity contribution in [3.63, 3.8) is 0 Å². The SMILES string of the molecule is CCC[C@H](N)C(=O)Nc1ccccc1SCC. The molecule has 0 saturated carbocycles. The van der Waals surface area contributed by atoms with Crippen molar-refractivity contribution < 1.29 is 4.79 Å². The van der Waals surface area contributed by atoms with Crippen molar-refractivity contribution in [3.05, 3.63) is 24.3 Å². The summed E-state index contributed by atoms with van der Waals surface area (Å²) in [6.45, 7) is 4.11. The largest absolute Gasteiger partial charge is 0.324 e. The van der Waals surface area contributed by atoms with Gasteiger partial charge in [0.25, 0.3) is 0 Å². The van der Waals surface area contributed by atoms with Crippen LogP contribution >= 0.6 is 11.8 Å². The molecule has 0 unspecified atom stereocenters. The molecule has 1 aromatic rings. The van der Waals surface area contributed by atoms with E-state index >= 15 is 0 Å². The van der Waals surface area contributed by atoms with E-state index in [1.807, 2.05) is 31.2 Å². The lowest BCUT2D eigenvalue weighted by atomic mass is 10.1. The van der Waals surface area contributed by atoms with Gasteiger partial charge in [-0.05, 0) is 24.3 Å². The zero-order chi connectivity index (χ0) is 12.7. The van der Waals surface area contributed by atoms with Crippen LogP contribution in [-0.2, 0) is 4.79 Å². The van der Waals surface area contributed by atoms with Crippen LogP contribution in [0, 0.1) is 0 Å². The Kier molecular flexibility index (Phi) is 6.08. The van der Waals surface area contributed by atoms with Crippen molar-refractivity contribution in [2.24, 2.45) is 5.73 Å². The van der Waals surface area contributed by atoms with Gasteiger partial charge in [0.05, 0.1) is 11.7 Å². The molecule has 0 bridgehead atoms. The summed E-state index contributed by atoms with van der Waals surface area (Å²) in [6, 6.07) is 7.39. The van der Waals surface area contributed by atoms with Gasteiger partial charge in [-0.1, -0.05) is 32.4 Å². The number of rotatable bonds is 6. The molecule has 0 aliphatic rings. The molecule has 0 aliphatic heterocycles. The predicted molar refractivity (Wildman–Crippen MR) is 74.4 cm³/mol. The van der Waals surface area contributed by atoms with Gasteiger partial charge >= 0.3 is 0 Å². The quantitative estimate of drug-likeness (QED) is 0.765. The highest BCUT2D eigenvalue weighted by Gasteiger charge is 2.13. The van der Waals surface area contributed by atoms with Crippen LogP contribution in [0.15, 0.2) is 29.2 Å². The van der Waals surface area contributed by atoms with E-state index in [4.69, 9.17) is 5.73 Å². The van der Waals surface area contributed by atoms with E-state index in [0.717, 1.165) is 29.2 Å². The maximum absolute atomic E-state index is 11.8. The van der Waals surface area contributed by atoms with Gasteiger partial charge in [-0.2, -0.15) is 0 Å². The molecule has 0 aliphatic carbocycles. The van der Waals surface area contributed by atoms with Crippen LogP contribution in [0.4, 0.5) is 5.69 Å². The Morgan fingerprint density at radius 1 is 1.41 bits per heavy atom. The number of amides is 1. The molecule has 0 radical (unpaired) electrons. The molecule has 17 heavy (non-hydrogen) atoms. The molecule has 1 amide bonds. The summed E-state index contributed by atoms with van der Waals surface area (Å²) in [5.41, 5.74) is 6.64. The number of hydrogen-bond donors (Lipinski definition) is 2. The highest BCUT2D eigenvalue weighted by atomic mass is 32.2. The average molecular weight is 252 g/mol. The molecule has 4 heteroatoms. The highest BCUT2D eigenvalue weighted by molar-refractivity contribution is 7.99. The van der Waals surface area contributed by atoms with Crippen LogP contribution in [0.25, 0.3) is 0 Å². The zero-order valence-electron chi connectivity index (χ0n) is 10.4. The zero-order valence-corrected chi connectivity index (χ0v) is 11.2. The molecule has 1 atom stereocenters. The Bertz CT molecular complexity index is 368. The smallest absolute Gasteiger partial charge is 0.241 e. The summed E-state index contributed by atoms with van der Waals surface area (Å²) < 4.78 is 0. The molecule has 0 fully saturated rings. The molecule has 94 valence electrons. The fourth-order valence-electron chi connectivity index (χ4n) is 1.52. The minimum atomic E-state index is -0.417. The Labute approximate surface area is 107 Å². The van der Waals surface area contributed by atoms with Crippen molar-refractivity contribution in [2.45, 2.75) is 37.6 Å². The second kappa shape index (κ2) is 7.35. The number of nitrogens with two attached hydrogens (primary N) is 1. The Balaban J connectivity index is 2.70. The molecule has 3 nitrogen and oxygen atoms in total. The van der Waals surface area contributed by atoms with E-state index in [2.05, 4.69) is 12.2 Å². The van der Waals surface area contributed by atoms with Crippen LogP contribution in [0.5, 0.6) is 0 Å². The van der Waals surface area contributed by atoms with Crippen LogP contribution in [0.3, 0.4) is 0 Å². The van der Waals surface area contributed by atoms with Crippen LogP contribution in [0.2, 0.25) is 0 Å². The third-order valence-corrected chi connectivity index (χ3v) is 3.34. The normalized spacial score (nSPS) is 12.2. The maximum atomic E-state index is 11.8. The molecule has 0 spiro atoms. The van der Waals surface area contributed by atoms with E-state index in [-0.39, 0.29) is 5.91 Å². The number of anilines is 1. The summed E-state index contributed by atoms with van der Waals surface area (Å²) in [6.07, 6.45) is 1.63. The third kappa shape index (κ3) is 4.40. The Hall–Kier alpha value is -1.00. The van der Waals surface area contributed by atoms with Gasteiger partial charge in [0.15, 0.2) is 0 Å². The number of carbonyl (C=O) groups excluding carboxylic acids is 1. The summed E-state index contributed by atoms with van der Waals surface area (Å²) in [4.78, 5) is 12.9. The first-order chi connectivity index (χ1) is 8.19. The van der Waals surface area contributed by atoms with Gasteiger partial charge in [0.1, 0.15) is 0 Å². The molecular weight excluding hydrogens is 232 g/mol. The molecule has 3 N–H and O–H groups in total. The topological polar surface area (TPSA) is 55.1 Å². The summed E-state index contributed by atoms with van der Waals surface area (Å²) >= 11 is 1.71. The van der Waals surface area contributed by atoms with E-state index in [0.29, 0.717) is 0 Å². The molecule has 0 saturated heterocycles. The third-order valence-electron chi connectivity index (χ3n) is 2.38. The molecule has 0 heterocycles. The van der Waals surface area contributed by atoms with E-state index in [1.54, 1.807) is 11.8 Å². The Morgan fingerprint density at radius 3 is 2.76 bits per heavy atom. The number of nitrogens with one attached hydrogen (secondary N) is 1. The first-order valence-electron chi connectivity index (χ1n) is 5.97. The van der Waals surface area contributed by atoms with Gasteiger partial charge in [-0.15, -0.1) is 11.8 Å². The number of carbonyl (C=O) groups is 1. The van der Waals surface area contributed by atoms with Crippen molar-refractivity contribution in [2.75, 3.05) is 11.1 Å². The lowest BCUT2D eigenvalue weighted by Gasteiger charge is -2.13. The second-order valence-electron chi connectivity index (χ2n) is 3.81. The molecule has 0 aromatic heterocycles. The minimum Gasteiger partial charge on any atom is -0.324 e. The average Bonchev–Trinajstić information content (AvgIpc) is 2.32. The van der Waals surface area contributed by atoms with E-state index in [9.17, 15) is 4.79 Å². The van der Waals surface area contributed by atoms with Crippen LogP contribution in [-0.4, -0.2) is 17.7 Å². The highest BCUT2D eigenvalue weighted by Crippen LogP contribution is 2.26. The molecule has 1 aromatic carbocycles. The number of para-hydroxylation sites is 1. The van der Waals surface area contributed by atoms with E-state index < -0.39 is 6.04 Å². The maximum Gasteiger partial charge on any atom is 0.241 e. The van der Waals surface area contributed by atoms with E-state index in [1.165, 1.54) is 0 Å². The standard InChI is InChI=1S/C13H20N2OS/c1-3-7-10(14)13(16)15-11-8-5-6-9-12(11)17-4-2/h5-6,8-10H,3-4,7,14H2,1-2H3,(H,15,16)/t10-/m0/s1. The number of hydrogen-bond acceptors (Lipinski definition) is 3. The van der Waals surface area contributed by atoms with Gasteiger partial charge in [0, 0.05) is 4.90 Å².